The van der Waals surface area contributed by atoms with E-state index in [0.717, 1.165) is 0 Å². The Morgan fingerprint density at radius 1 is 1.38 bits per heavy atom. The van der Waals surface area contributed by atoms with Gasteiger partial charge in [-0.25, -0.2) is 4.39 Å². The Kier molecular flexibility index (Phi) is 2.24. The third kappa shape index (κ3) is 1.67. The van der Waals surface area contributed by atoms with E-state index in [1.165, 1.54) is 0 Å². The summed E-state index contributed by atoms with van der Waals surface area (Å²) in [6.07, 6.45) is -2.90. The Bertz CT molecular complexity index is 72.9. The summed E-state index contributed by atoms with van der Waals surface area (Å²) in [6, 6.07) is 0. The summed E-state index contributed by atoms with van der Waals surface area (Å²) in [7, 11) is 0. The van der Waals surface area contributed by atoms with Crippen LogP contribution in [0.3, 0.4) is 0 Å². The summed E-state index contributed by atoms with van der Waals surface area (Å²) in [5.41, 5.74) is 0. The van der Waals surface area contributed by atoms with Crippen LogP contribution in [0.1, 0.15) is 0 Å². The van der Waals surface area contributed by atoms with Crippen molar-refractivity contribution in [3.63, 3.8) is 0 Å². The molecule has 2 nitrogen and oxygen atoms in total. The van der Waals surface area contributed by atoms with Gasteiger partial charge in [-0.3, -0.25) is 0 Å². The molecule has 0 amide bonds. The second-order valence-corrected chi connectivity index (χ2v) is 1.27. The van der Waals surface area contributed by atoms with Gasteiger partial charge in [0.1, 0.15) is 0 Å². The van der Waals surface area contributed by atoms with Gasteiger partial charge in [0, 0.05) is 0 Å². The summed E-state index contributed by atoms with van der Waals surface area (Å²) < 4.78 is 33.8. The summed E-state index contributed by atoms with van der Waals surface area (Å²) in [4.78, 5) is 0. The van der Waals surface area contributed by atoms with Crippen molar-refractivity contribution in [2.75, 3.05) is 6.67 Å². The van der Waals surface area contributed by atoms with Crippen LogP contribution < -0.4 is 0 Å². The Morgan fingerprint density at radius 2 is 1.75 bits per heavy atom. The maximum atomic E-state index is 11.4. The smallest absolute Gasteiger partial charge is 0.325 e. The van der Waals surface area contributed by atoms with E-state index < -0.39 is 18.9 Å². The van der Waals surface area contributed by atoms with Crippen molar-refractivity contribution in [1.82, 2.24) is 0 Å². The summed E-state index contributed by atoms with van der Waals surface area (Å²) in [5.74, 6) is -4.01. The zero-order valence-corrected chi connectivity index (χ0v) is 3.81. The van der Waals surface area contributed by atoms with Crippen LogP contribution in [0.15, 0.2) is 0 Å². The standard InChI is InChI=1S/C3H5F3O2/c4-1-3(5,6)2(7)8/h2,7-8H,1H2. The van der Waals surface area contributed by atoms with E-state index in [1.807, 2.05) is 0 Å². The van der Waals surface area contributed by atoms with Crippen molar-refractivity contribution >= 4 is 0 Å². The largest absolute Gasteiger partial charge is 0.363 e. The van der Waals surface area contributed by atoms with E-state index >= 15 is 0 Å². The summed E-state index contributed by atoms with van der Waals surface area (Å²) >= 11 is 0. The molecular weight excluding hydrogens is 125 g/mol. The monoisotopic (exact) mass is 130 g/mol. The normalized spacial score (nSPS) is 12.8. The third-order valence-corrected chi connectivity index (χ3v) is 0.556. The molecule has 0 saturated heterocycles. The fourth-order valence-electron chi connectivity index (χ4n) is 0.0690. The Hall–Kier alpha value is -0.290. The number of hydrogen-bond acceptors (Lipinski definition) is 2. The molecule has 0 aliphatic heterocycles. The number of hydrogen-bond donors (Lipinski definition) is 2. The lowest BCUT2D eigenvalue weighted by Gasteiger charge is -2.12. The minimum Gasteiger partial charge on any atom is -0.363 e. The highest BCUT2D eigenvalue weighted by Gasteiger charge is 2.37. The molecule has 0 radical (unpaired) electrons. The first-order chi connectivity index (χ1) is 3.50. The zero-order valence-electron chi connectivity index (χ0n) is 3.81. The first-order valence-corrected chi connectivity index (χ1v) is 1.80. The van der Waals surface area contributed by atoms with E-state index in [4.69, 9.17) is 10.2 Å². The number of alkyl halides is 3. The molecule has 0 saturated carbocycles. The lowest BCUT2D eigenvalue weighted by Crippen LogP contribution is -2.34. The van der Waals surface area contributed by atoms with Gasteiger partial charge >= 0.3 is 5.92 Å². The SMILES string of the molecule is OC(O)C(F)(F)CF. The summed E-state index contributed by atoms with van der Waals surface area (Å²) in [6.45, 7) is -2.05. The molecule has 0 heterocycles. The van der Waals surface area contributed by atoms with Gasteiger partial charge in [0.05, 0.1) is 0 Å². The average Bonchev–Trinajstić information content (AvgIpc) is 1.67. The molecule has 0 rings (SSSR count). The maximum absolute atomic E-state index is 11.4. The molecule has 2 N–H and O–H groups in total. The molecule has 0 aromatic carbocycles. The molecule has 0 aromatic heterocycles. The summed E-state index contributed by atoms with van der Waals surface area (Å²) in [5, 5.41) is 15.3. The van der Waals surface area contributed by atoms with Crippen LogP contribution in [0, 0.1) is 0 Å². The topological polar surface area (TPSA) is 40.5 Å². The van der Waals surface area contributed by atoms with E-state index in [1.54, 1.807) is 0 Å². The van der Waals surface area contributed by atoms with Gasteiger partial charge in [-0.1, -0.05) is 0 Å². The van der Waals surface area contributed by atoms with E-state index in [0.29, 0.717) is 0 Å². The van der Waals surface area contributed by atoms with Crippen LogP contribution in [-0.4, -0.2) is 29.1 Å². The van der Waals surface area contributed by atoms with Crippen molar-refractivity contribution < 1.29 is 23.4 Å². The lowest BCUT2D eigenvalue weighted by molar-refractivity contribution is -0.214. The van der Waals surface area contributed by atoms with Crippen molar-refractivity contribution in [1.29, 1.82) is 0 Å². The second-order valence-electron chi connectivity index (χ2n) is 1.27. The minimum atomic E-state index is -4.01. The fourth-order valence-corrected chi connectivity index (χ4v) is 0.0690. The molecule has 0 spiro atoms. The maximum Gasteiger partial charge on any atom is 0.325 e. The minimum absolute atomic E-state index is 2.05. The number of aliphatic hydroxyl groups is 2. The predicted octanol–water partition coefficient (Wildman–Crippen LogP) is -0.0981. The lowest BCUT2D eigenvalue weighted by atomic mass is 10.4. The molecule has 0 aliphatic carbocycles. The van der Waals surface area contributed by atoms with Crippen molar-refractivity contribution in [2.24, 2.45) is 0 Å². The van der Waals surface area contributed by atoms with Crippen molar-refractivity contribution in [2.45, 2.75) is 12.2 Å². The molecule has 0 unspecified atom stereocenters. The van der Waals surface area contributed by atoms with Crippen LogP contribution in [0.4, 0.5) is 13.2 Å². The van der Waals surface area contributed by atoms with E-state index in [2.05, 4.69) is 0 Å². The molecule has 0 aliphatic rings. The highest BCUT2D eigenvalue weighted by Crippen LogP contribution is 2.16. The Morgan fingerprint density at radius 3 is 1.75 bits per heavy atom. The van der Waals surface area contributed by atoms with Crippen molar-refractivity contribution in [3.8, 4) is 0 Å². The van der Waals surface area contributed by atoms with E-state index in [9.17, 15) is 13.2 Å². The molecule has 0 atom stereocenters. The zero-order chi connectivity index (χ0) is 6.78. The number of halogens is 3. The number of rotatable bonds is 2. The molecular formula is C3H5F3O2. The Balaban J connectivity index is 3.71. The molecule has 0 aromatic rings. The quantitative estimate of drug-likeness (QED) is 0.512. The van der Waals surface area contributed by atoms with E-state index in [-0.39, 0.29) is 0 Å². The van der Waals surface area contributed by atoms with Gasteiger partial charge in [0.15, 0.2) is 6.67 Å². The first kappa shape index (κ1) is 7.71. The molecule has 0 fully saturated rings. The van der Waals surface area contributed by atoms with Crippen LogP contribution in [0.2, 0.25) is 0 Å². The highest BCUT2D eigenvalue weighted by atomic mass is 19.3. The molecule has 50 valence electrons. The van der Waals surface area contributed by atoms with Gasteiger partial charge in [-0.05, 0) is 0 Å². The van der Waals surface area contributed by atoms with Gasteiger partial charge in [-0.2, -0.15) is 8.78 Å². The van der Waals surface area contributed by atoms with Gasteiger partial charge in [0.2, 0.25) is 6.29 Å². The van der Waals surface area contributed by atoms with Gasteiger partial charge < -0.3 is 10.2 Å². The predicted molar refractivity (Wildman–Crippen MR) is 19.1 cm³/mol. The van der Waals surface area contributed by atoms with Crippen LogP contribution in [0.25, 0.3) is 0 Å². The van der Waals surface area contributed by atoms with Crippen LogP contribution in [-0.2, 0) is 0 Å². The van der Waals surface area contributed by atoms with Crippen LogP contribution in [0.5, 0.6) is 0 Å². The number of aliphatic hydroxyl groups excluding tert-OH is 1. The fraction of sp³-hybridized carbons (Fsp3) is 1.00. The second kappa shape index (κ2) is 2.32. The highest BCUT2D eigenvalue weighted by molar-refractivity contribution is 4.64. The van der Waals surface area contributed by atoms with Gasteiger partial charge in [-0.15, -0.1) is 0 Å². The van der Waals surface area contributed by atoms with Gasteiger partial charge in [0.25, 0.3) is 0 Å². The van der Waals surface area contributed by atoms with Crippen molar-refractivity contribution in [3.05, 3.63) is 0 Å². The van der Waals surface area contributed by atoms with Crippen LogP contribution >= 0.6 is 0 Å². The Labute approximate surface area is 43.6 Å². The first-order valence-electron chi connectivity index (χ1n) is 1.80. The average molecular weight is 130 g/mol. The molecule has 8 heavy (non-hydrogen) atoms. The molecule has 0 bridgehead atoms. The molecule has 5 heteroatoms. The third-order valence-electron chi connectivity index (χ3n) is 0.556.